The van der Waals surface area contributed by atoms with Crippen molar-refractivity contribution in [2.24, 2.45) is 5.10 Å². The van der Waals surface area contributed by atoms with E-state index in [2.05, 4.69) is 10.5 Å². The van der Waals surface area contributed by atoms with Crippen molar-refractivity contribution >= 4 is 23.7 Å². The highest BCUT2D eigenvalue weighted by Crippen LogP contribution is 2.20. The van der Waals surface area contributed by atoms with Crippen LogP contribution in [0.15, 0.2) is 47.6 Å². The first-order valence-corrected chi connectivity index (χ1v) is 6.44. The van der Waals surface area contributed by atoms with Gasteiger partial charge in [0, 0.05) is 16.1 Å². The molecule has 108 valence electrons. The first-order valence-electron chi connectivity index (χ1n) is 6.06. The van der Waals surface area contributed by atoms with Gasteiger partial charge in [0.2, 0.25) is 0 Å². The van der Waals surface area contributed by atoms with E-state index in [0.29, 0.717) is 21.9 Å². The van der Waals surface area contributed by atoms with Crippen LogP contribution in [0.3, 0.4) is 0 Å². The maximum absolute atomic E-state index is 11.8. The van der Waals surface area contributed by atoms with Crippen LogP contribution in [0.2, 0.25) is 5.02 Å². The molecule has 0 aromatic heterocycles. The van der Waals surface area contributed by atoms with Crippen molar-refractivity contribution in [3.05, 3.63) is 58.6 Å². The van der Waals surface area contributed by atoms with Crippen LogP contribution in [0.4, 0.5) is 0 Å². The number of hydrazone groups is 1. The molecule has 0 aliphatic rings. The van der Waals surface area contributed by atoms with E-state index in [1.54, 1.807) is 36.4 Å². The zero-order chi connectivity index (χ0) is 15.2. The molecule has 2 aromatic rings. The maximum Gasteiger partial charge on any atom is 0.271 e. The van der Waals surface area contributed by atoms with Crippen LogP contribution >= 0.6 is 11.6 Å². The van der Waals surface area contributed by atoms with Gasteiger partial charge in [0.15, 0.2) is 0 Å². The minimum atomic E-state index is -0.370. The largest absolute Gasteiger partial charge is 0.507 e. The summed E-state index contributed by atoms with van der Waals surface area (Å²) in [5, 5.41) is 14.0. The molecule has 0 unspecified atom stereocenters. The van der Waals surface area contributed by atoms with Crippen molar-refractivity contribution < 1.29 is 14.6 Å². The standard InChI is InChI=1S/C15H13ClN2O3/c1-21-13-6-7-14(19)11(8-13)9-17-18-15(20)10-2-4-12(16)5-3-10/h2-9,19H,1H3,(H,18,20). The highest BCUT2D eigenvalue weighted by molar-refractivity contribution is 6.30. The normalized spacial score (nSPS) is 10.6. The Balaban J connectivity index is 2.05. The molecule has 0 fully saturated rings. The summed E-state index contributed by atoms with van der Waals surface area (Å²) < 4.78 is 5.05. The summed E-state index contributed by atoms with van der Waals surface area (Å²) in [5.41, 5.74) is 3.24. The van der Waals surface area contributed by atoms with Crippen LogP contribution in [-0.4, -0.2) is 24.3 Å². The van der Waals surface area contributed by atoms with Crippen LogP contribution in [0, 0.1) is 0 Å². The van der Waals surface area contributed by atoms with E-state index >= 15 is 0 Å². The lowest BCUT2D eigenvalue weighted by molar-refractivity contribution is 0.0955. The molecule has 1 amide bonds. The molecule has 6 heteroatoms. The zero-order valence-electron chi connectivity index (χ0n) is 11.2. The number of methoxy groups -OCH3 is 1. The second-order valence-corrected chi connectivity index (χ2v) is 4.57. The topological polar surface area (TPSA) is 70.9 Å². The fraction of sp³-hybridized carbons (Fsp3) is 0.0667. The fourth-order valence-electron chi connectivity index (χ4n) is 1.59. The first kappa shape index (κ1) is 14.9. The van der Waals surface area contributed by atoms with Gasteiger partial charge in [-0.2, -0.15) is 5.10 Å². The van der Waals surface area contributed by atoms with Crippen LogP contribution in [-0.2, 0) is 0 Å². The second-order valence-electron chi connectivity index (χ2n) is 4.13. The molecule has 0 heterocycles. The summed E-state index contributed by atoms with van der Waals surface area (Å²) in [7, 11) is 1.52. The van der Waals surface area contributed by atoms with E-state index in [-0.39, 0.29) is 11.7 Å². The summed E-state index contributed by atoms with van der Waals surface area (Å²) in [4.78, 5) is 11.8. The summed E-state index contributed by atoms with van der Waals surface area (Å²) in [5.74, 6) is 0.254. The maximum atomic E-state index is 11.8. The Kier molecular flexibility index (Phi) is 4.79. The lowest BCUT2D eigenvalue weighted by Crippen LogP contribution is -2.17. The third-order valence-corrected chi connectivity index (χ3v) is 2.96. The number of carbonyl (C=O) groups excluding carboxylic acids is 1. The van der Waals surface area contributed by atoms with Gasteiger partial charge in [0.05, 0.1) is 13.3 Å². The number of nitrogens with one attached hydrogen (secondary N) is 1. The van der Waals surface area contributed by atoms with E-state index in [4.69, 9.17) is 16.3 Å². The number of benzene rings is 2. The number of phenols is 1. The number of amides is 1. The average molecular weight is 305 g/mol. The van der Waals surface area contributed by atoms with Crippen molar-refractivity contribution in [3.63, 3.8) is 0 Å². The number of hydrogen-bond donors (Lipinski definition) is 2. The van der Waals surface area contributed by atoms with Gasteiger partial charge in [0.1, 0.15) is 11.5 Å². The number of phenolic OH excluding ortho intramolecular Hbond substituents is 1. The van der Waals surface area contributed by atoms with Gasteiger partial charge in [-0.1, -0.05) is 11.6 Å². The predicted octanol–water partition coefficient (Wildman–Crippen LogP) is 2.82. The Labute approximate surface area is 126 Å². The van der Waals surface area contributed by atoms with Crippen LogP contribution in [0.5, 0.6) is 11.5 Å². The molecule has 0 saturated carbocycles. The fourth-order valence-corrected chi connectivity index (χ4v) is 1.72. The molecule has 0 aliphatic carbocycles. The molecular weight excluding hydrogens is 292 g/mol. The summed E-state index contributed by atoms with van der Waals surface area (Å²) in [6.45, 7) is 0. The third-order valence-electron chi connectivity index (χ3n) is 2.71. The van der Waals surface area contributed by atoms with Crippen molar-refractivity contribution in [3.8, 4) is 11.5 Å². The molecular formula is C15H13ClN2O3. The average Bonchev–Trinajstić information content (AvgIpc) is 2.49. The monoisotopic (exact) mass is 304 g/mol. The Morgan fingerprint density at radius 1 is 1.29 bits per heavy atom. The molecule has 0 saturated heterocycles. The number of hydrogen-bond acceptors (Lipinski definition) is 4. The Hall–Kier alpha value is -2.53. The van der Waals surface area contributed by atoms with Gasteiger partial charge in [-0.15, -0.1) is 0 Å². The molecule has 0 radical (unpaired) electrons. The molecule has 2 N–H and O–H groups in total. The Bertz CT molecular complexity index is 669. The lowest BCUT2D eigenvalue weighted by atomic mass is 10.2. The van der Waals surface area contributed by atoms with Gasteiger partial charge >= 0.3 is 0 Å². The van der Waals surface area contributed by atoms with Crippen molar-refractivity contribution in [1.29, 1.82) is 0 Å². The van der Waals surface area contributed by atoms with Gasteiger partial charge in [-0.25, -0.2) is 5.43 Å². The second kappa shape index (κ2) is 6.76. The number of nitrogens with zero attached hydrogens (tertiary/aromatic N) is 1. The number of ether oxygens (including phenoxy) is 1. The predicted molar refractivity (Wildman–Crippen MR) is 81.2 cm³/mol. The third kappa shape index (κ3) is 3.97. The van der Waals surface area contributed by atoms with Gasteiger partial charge in [-0.05, 0) is 42.5 Å². The van der Waals surface area contributed by atoms with Crippen LogP contribution in [0.1, 0.15) is 15.9 Å². The van der Waals surface area contributed by atoms with Crippen molar-refractivity contribution in [2.45, 2.75) is 0 Å². The molecule has 0 bridgehead atoms. The quantitative estimate of drug-likeness (QED) is 0.674. The molecule has 2 aromatic carbocycles. The zero-order valence-corrected chi connectivity index (χ0v) is 12.0. The first-order chi connectivity index (χ1) is 10.1. The van der Waals surface area contributed by atoms with Gasteiger partial charge in [0.25, 0.3) is 5.91 Å². The summed E-state index contributed by atoms with van der Waals surface area (Å²) in [6, 6.07) is 11.1. The molecule has 2 rings (SSSR count). The molecule has 5 nitrogen and oxygen atoms in total. The Morgan fingerprint density at radius 3 is 2.67 bits per heavy atom. The van der Waals surface area contributed by atoms with E-state index < -0.39 is 0 Å². The summed E-state index contributed by atoms with van der Waals surface area (Å²) >= 11 is 5.75. The number of rotatable bonds is 4. The number of halogens is 1. The molecule has 0 atom stereocenters. The Morgan fingerprint density at radius 2 is 2.00 bits per heavy atom. The van der Waals surface area contributed by atoms with Gasteiger partial charge in [-0.3, -0.25) is 4.79 Å². The van der Waals surface area contributed by atoms with Gasteiger partial charge < -0.3 is 9.84 Å². The van der Waals surface area contributed by atoms with E-state index in [0.717, 1.165) is 0 Å². The van der Waals surface area contributed by atoms with Crippen LogP contribution in [0.25, 0.3) is 0 Å². The summed E-state index contributed by atoms with van der Waals surface area (Å²) in [6.07, 6.45) is 1.34. The van der Waals surface area contributed by atoms with E-state index in [9.17, 15) is 9.90 Å². The SMILES string of the molecule is COc1ccc(O)c(C=NNC(=O)c2ccc(Cl)cc2)c1. The highest BCUT2D eigenvalue weighted by atomic mass is 35.5. The van der Waals surface area contributed by atoms with E-state index in [1.807, 2.05) is 0 Å². The van der Waals surface area contributed by atoms with E-state index in [1.165, 1.54) is 19.4 Å². The molecule has 0 aliphatic heterocycles. The number of aromatic hydroxyl groups is 1. The number of carbonyl (C=O) groups is 1. The minimum Gasteiger partial charge on any atom is -0.507 e. The molecule has 0 spiro atoms. The lowest BCUT2D eigenvalue weighted by Gasteiger charge is -2.03. The van der Waals surface area contributed by atoms with Crippen molar-refractivity contribution in [1.82, 2.24) is 5.43 Å². The molecule has 21 heavy (non-hydrogen) atoms. The van der Waals surface area contributed by atoms with Crippen molar-refractivity contribution in [2.75, 3.05) is 7.11 Å². The highest BCUT2D eigenvalue weighted by Gasteiger charge is 2.04. The van der Waals surface area contributed by atoms with Crippen LogP contribution < -0.4 is 10.2 Å². The smallest absolute Gasteiger partial charge is 0.271 e. The minimum absolute atomic E-state index is 0.0419.